The Kier molecular flexibility index (Phi) is 4.47. The molecule has 1 amide bonds. The number of rotatable bonds is 4. The van der Waals surface area contributed by atoms with Crippen LogP contribution in [0, 0.1) is 12.7 Å². The van der Waals surface area contributed by atoms with Gasteiger partial charge in [0.15, 0.2) is 0 Å². The average molecular weight is 322 g/mol. The van der Waals surface area contributed by atoms with Crippen LogP contribution in [0.25, 0.3) is 0 Å². The van der Waals surface area contributed by atoms with Crippen LogP contribution in [0.2, 0.25) is 0 Å². The van der Waals surface area contributed by atoms with Gasteiger partial charge in [-0.25, -0.2) is 14.4 Å². The van der Waals surface area contributed by atoms with Crippen molar-refractivity contribution in [1.82, 2.24) is 9.97 Å². The van der Waals surface area contributed by atoms with E-state index < -0.39 is 0 Å². The number of hydrogen-bond donors (Lipinski definition) is 2. The molecule has 0 saturated carbocycles. The third kappa shape index (κ3) is 3.92. The Morgan fingerprint density at radius 1 is 1.04 bits per heavy atom. The van der Waals surface area contributed by atoms with Gasteiger partial charge in [0.05, 0.1) is 0 Å². The molecule has 0 spiro atoms. The number of anilines is 3. The van der Waals surface area contributed by atoms with Crippen molar-refractivity contribution in [3.8, 4) is 0 Å². The SMILES string of the molecule is Cc1cccc(NC(=O)c2ccnc(Nc3cccc(F)c3)n2)c1. The summed E-state index contributed by atoms with van der Waals surface area (Å²) in [7, 11) is 0. The largest absolute Gasteiger partial charge is 0.324 e. The molecule has 5 nitrogen and oxygen atoms in total. The van der Waals surface area contributed by atoms with Crippen LogP contribution < -0.4 is 10.6 Å². The van der Waals surface area contributed by atoms with Gasteiger partial charge in [-0.05, 0) is 48.9 Å². The molecule has 0 unspecified atom stereocenters. The summed E-state index contributed by atoms with van der Waals surface area (Å²) in [4.78, 5) is 20.5. The minimum atomic E-state index is -0.367. The van der Waals surface area contributed by atoms with Gasteiger partial charge in [0.2, 0.25) is 5.95 Å². The number of nitrogens with zero attached hydrogens (tertiary/aromatic N) is 2. The molecule has 0 aliphatic rings. The van der Waals surface area contributed by atoms with Crippen molar-refractivity contribution in [1.29, 1.82) is 0 Å². The summed E-state index contributed by atoms with van der Waals surface area (Å²) >= 11 is 0. The van der Waals surface area contributed by atoms with Gasteiger partial charge in [-0.1, -0.05) is 18.2 Å². The summed E-state index contributed by atoms with van der Waals surface area (Å²) in [5.74, 6) is -0.490. The molecule has 6 heteroatoms. The number of halogens is 1. The number of nitrogens with one attached hydrogen (secondary N) is 2. The first-order chi connectivity index (χ1) is 11.6. The van der Waals surface area contributed by atoms with Crippen molar-refractivity contribution >= 4 is 23.2 Å². The van der Waals surface area contributed by atoms with Crippen LogP contribution in [0.5, 0.6) is 0 Å². The monoisotopic (exact) mass is 322 g/mol. The molecule has 3 rings (SSSR count). The minimum Gasteiger partial charge on any atom is -0.324 e. The first-order valence-corrected chi connectivity index (χ1v) is 7.34. The molecule has 0 aliphatic carbocycles. The lowest BCUT2D eigenvalue weighted by atomic mass is 10.2. The first-order valence-electron chi connectivity index (χ1n) is 7.34. The van der Waals surface area contributed by atoms with Crippen molar-refractivity contribution in [3.63, 3.8) is 0 Å². The molecule has 0 fully saturated rings. The first kappa shape index (κ1) is 15.6. The van der Waals surface area contributed by atoms with Crippen LogP contribution in [0.15, 0.2) is 60.8 Å². The molecule has 0 aliphatic heterocycles. The van der Waals surface area contributed by atoms with Crippen LogP contribution in [0.3, 0.4) is 0 Å². The summed E-state index contributed by atoms with van der Waals surface area (Å²) in [5, 5.41) is 5.65. The molecular formula is C18H15FN4O. The number of aromatic nitrogens is 2. The van der Waals surface area contributed by atoms with Gasteiger partial charge < -0.3 is 10.6 Å². The summed E-state index contributed by atoms with van der Waals surface area (Å²) in [5.41, 5.74) is 2.46. The molecule has 24 heavy (non-hydrogen) atoms. The van der Waals surface area contributed by atoms with E-state index in [0.717, 1.165) is 5.56 Å². The smallest absolute Gasteiger partial charge is 0.274 e. The highest BCUT2D eigenvalue weighted by atomic mass is 19.1. The van der Waals surface area contributed by atoms with Crippen molar-refractivity contribution in [2.24, 2.45) is 0 Å². The molecule has 1 heterocycles. The zero-order chi connectivity index (χ0) is 16.9. The van der Waals surface area contributed by atoms with Crippen molar-refractivity contribution < 1.29 is 9.18 Å². The highest BCUT2D eigenvalue weighted by Crippen LogP contribution is 2.15. The number of aryl methyl sites for hydroxylation is 1. The van der Waals surface area contributed by atoms with E-state index in [1.807, 2.05) is 25.1 Å². The van der Waals surface area contributed by atoms with E-state index in [2.05, 4.69) is 20.6 Å². The van der Waals surface area contributed by atoms with Gasteiger partial charge in [0.25, 0.3) is 5.91 Å². The summed E-state index contributed by atoms with van der Waals surface area (Å²) in [6.45, 7) is 1.95. The van der Waals surface area contributed by atoms with Crippen molar-refractivity contribution in [2.75, 3.05) is 10.6 Å². The van der Waals surface area contributed by atoms with E-state index in [4.69, 9.17) is 0 Å². The normalized spacial score (nSPS) is 10.2. The maximum Gasteiger partial charge on any atom is 0.274 e. The van der Waals surface area contributed by atoms with E-state index >= 15 is 0 Å². The van der Waals surface area contributed by atoms with E-state index in [9.17, 15) is 9.18 Å². The molecule has 1 aromatic heterocycles. The zero-order valence-corrected chi connectivity index (χ0v) is 13.0. The predicted octanol–water partition coefficient (Wildman–Crippen LogP) is 3.92. The van der Waals surface area contributed by atoms with Crippen LogP contribution in [0.1, 0.15) is 16.1 Å². The molecule has 2 N–H and O–H groups in total. The van der Waals surface area contributed by atoms with E-state index in [0.29, 0.717) is 11.4 Å². The Bertz CT molecular complexity index is 882. The zero-order valence-electron chi connectivity index (χ0n) is 13.0. The summed E-state index contributed by atoms with van der Waals surface area (Å²) in [6, 6.07) is 14.9. The Labute approximate surface area is 138 Å². The second kappa shape index (κ2) is 6.87. The number of amides is 1. The van der Waals surface area contributed by atoms with Gasteiger partial charge in [-0.15, -0.1) is 0 Å². The van der Waals surface area contributed by atoms with Gasteiger partial charge in [-0.2, -0.15) is 0 Å². The maximum atomic E-state index is 13.2. The Hall–Kier alpha value is -3.28. The lowest BCUT2D eigenvalue weighted by Crippen LogP contribution is -2.14. The maximum absolute atomic E-state index is 13.2. The van der Waals surface area contributed by atoms with E-state index in [-0.39, 0.29) is 23.4 Å². The fourth-order valence-corrected chi connectivity index (χ4v) is 2.16. The molecule has 120 valence electrons. The van der Waals surface area contributed by atoms with Crippen molar-refractivity contribution in [2.45, 2.75) is 6.92 Å². The van der Waals surface area contributed by atoms with Crippen molar-refractivity contribution in [3.05, 3.63) is 77.9 Å². The highest BCUT2D eigenvalue weighted by Gasteiger charge is 2.09. The molecule has 0 radical (unpaired) electrons. The van der Waals surface area contributed by atoms with Crippen LogP contribution in [-0.2, 0) is 0 Å². The highest BCUT2D eigenvalue weighted by molar-refractivity contribution is 6.03. The topological polar surface area (TPSA) is 66.9 Å². The molecule has 0 saturated heterocycles. The van der Waals surface area contributed by atoms with Crippen LogP contribution in [0.4, 0.5) is 21.7 Å². The van der Waals surface area contributed by atoms with Gasteiger partial charge in [0, 0.05) is 17.6 Å². The number of benzene rings is 2. The molecule has 3 aromatic rings. The Balaban J connectivity index is 1.76. The van der Waals surface area contributed by atoms with Gasteiger partial charge in [0.1, 0.15) is 11.5 Å². The number of carbonyl (C=O) groups is 1. The van der Waals surface area contributed by atoms with Crippen LogP contribution in [-0.4, -0.2) is 15.9 Å². The van der Waals surface area contributed by atoms with Gasteiger partial charge >= 0.3 is 0 Å². The third-order valence-corrected chi connectivity index (χ3v) is 3.24. The second-order valence-electron chi connectivity index (χ2n) is 5.22. The predicted molar refractivity (Wildman–Crippen MR) is 90.8 cm³/mol. The molecule has 2 aromatic carbocycles. The number of hydrogen-bond acceptors (Lipinski definition) is 4. The lowest BCUT2D eigenvalue weighted by Gasteiger charge is -2.08. The fraction of sp³-hybridized carbons (Fsp3) is 0.0556. The second-order valence-corrected chi connectivity index (χ2v) is 5.22. The third-order valence-electron chi connectivity index (χ3n) is 3.24. The molecular weight excluding hydrogens is 307 g/mol. The molecule has 0 atom stereocenters. The lowest BCUT2D eigenvalue weighted by molar-refractivity contribution is 0.102. The summed E-state index contributed by atoms with van der Waals surface area (Å²) < 4.78 is 13.2. The minimum absolute atomic E-state index is 0.213. The summed E-state index contributed by atoms with van der Waals surface area (Å²) in [6.07, 6.45) is 1.47. The standard InChI is InChI=1S/C18H15FN4O/c1-12-4-2-6-14(10-12)21-17(24)16-8-9-20-18(23-16)22-15-7-3-5-13(19)11-15/h2-11H,1H3,(H,21,24)(H,20,22,23). The fourth-order valence-electron chi connectivity index (χ4n) is 2.16. The van der Waals surface area contributed by atoms with Crippen LogP contribution >= 0.6 is 0 Å². The van der Waals surface area contributed by atoms with E-state index in [1.54, 1.807) is 18.2 Å². The van der Waals surface area contributed by atoms with E-state index in [1.165, 1.54) is 24.4 Å². The molecule has 0 bridgehead atoms. The average Bonchev–Trinajstić information content (AvgIpc) is 2.55. The van der Waals surface area contributed by atoms with Gasteiger partial charge in [-0.3, -0.25) is 4.79 Å². The Morgan fingerprint density at radius 2 is 1.83 bits per heavy atom. The quantitative estimate of drug-likeness (QED) is 0.764. The Morgan fingerprint density at radius 3 is 2.62 bits per heavy atom. The number of carbonyl (C=O) groups excluding carboxylic acids is 1.